The Morgan fingerprint density at radius 1 is 1.22 bits per heavy atom. The highest BCUT2D eigenvalue weighted by atomic mass is 35.5. The summed E-state index contributed by atoms with van der Waals surface area (Å²) in [5.41, 5.74) is 0.164. The van der Waals surface area contributed by atoms with Crippen molar-refractivity contribution in [1.29, 1.82) is 0 Å². The SMILES string of the molecule is CCOC[C@](C)(C[C@@H](CCc1ccc(-c2cc(Cl)ccc2F)cc1)NC(=O)c1cc(=O)[nH]o1)C(=O)O. The zero-order chi connectivity index (χ0) is 26.3. The minimum absolute atomic E-state index is 0.0235. The van der Waals surface area contributed by atoms with Crippen LogP contribution in [0.3, 0.4) is 0 Å². The molecule has 0 saturated heterocycles. The van der Waals surface area contributed by atoms with Crippen LogP contribution in [0.5, 0.6) is 0 Å². The molecule has 3 aromatic rings. The zero-order valence-electron chi connectivity index (χ0n) is 20.0. The zero-order valence-corrected chi connectivity index (χ0v) is 20.7. The van der Waals surface area contributed by atoms with Gasteiger partial charge in [-0.1, -0.05) is 35.9 Å². The van der Waals surface area contributed by atoms with Crippen molar-refractivity contribution in [3.63, 3.8) is 0 Å². The van der Waals surface area contributed by atoms with E-state index >= 15 is 0 Å². The highest BCUT2D eigenvalue weighted by molar-refractivity contribution is 6.30. The fraction of sp³-hybridized carbons (Fsp3) is 0.346. The molecule has 2 aromatic carbocycles. The van der Waals surface area contributed by atoms with Gasteiger partial charge in [0.1, 0.15) is 5.82 Å². The number of carboxylic acid groups (broad SMARTS) is 1. The Hall–Kier alpha value is -3.43. The number of carbonyl (C=O) groups excluding carboxylic acids is 1. The van der Waals surface area contributed by atoms with Gasteiger partial charge in [-0.05, 0) is 62.4 Å². The summed E-state index contributed by atoms with van der Waals surface area (Å²) in [7, 11) is 0. The van der Waals surface area contributed by atoms with Gasteiger partial charge >= 0.3 is 5.97 Å². The predicted molar refractivity (Wildman–Crippen MR) is 133 cm³/mol. The van der Waals surface area contributed by atoms with E-state index < -0.39 is 28.9 Å². The van der Waals surface area contributed by atoms with Crippen molar-refractivity contribution in [3.05, 3.63) is 81.0 Å². The van der Waals surface area contributed by atoms with Crippen molar-refractivity contribution in [1.82, 2.24) is 10.5 Å². The number of hydrogen-bond acceptors (Lipinski definition) is 5. The Morgan fingerprint density at radius 2 is 1.94 bits per heavy atom. The molecule has 1 aromatic heterocycles. The number of carbonyl (C=O) groups is 2. The van der Waals surface area contributed by atoms with Crippen LogP contribution in [0.1, 0.15) is 42.8 Å². The number of aromatic nitrogens is 1. The van der Waals surface area contributed by atoms with Crippen LogP contribution in [-0.2, 0) is 16.0 Å². The highest BCUT2D eigenvalue weighted by Crippen LogP contribution is 2.28. The summed E-state index contributed by atoms with van der Waals surface area (Å²) in [4.78, 5) is 36.0. The summed E-state index contributed by atoms with van der Waals surface area (Å²) >= 11 is 6.00. The predicted octanol–water partition coefficient (Wildman–Crippen LogP) is 4.68. The van der Waals surface area contributed by atoms with E-state index in [1.807, 2.05) is 12.1 Å². The number of aryl methyl sites for hydroxylation is 1. The maximum Gasteiger partial charge on any atom is 0.311 e. The molecule has 0 saturated carbocycles. The number of halogens is 2. The molecule has 0 fully saturated rings. The van der Waals surface area contributed by atoms with Crippen LogP contribution in [0.2, 0.25) is 5.02 Å². The number of ether oxygens (including phenoxy) is 1. The average molecular weight is 519 g/mol. The Kier molecular flexibility index (Phi) is 9.06. The molecule has 1 heterocycles. The van der Waals surface area contributed by atoms with Crippen LogP contribution in [0, 0.1) is 11.2 Å². The topological polar surface area (TPSA) is 122 Å². The summed E-state index contributed by atoms with van der Waals surface area (Å²) < 4.78 is 24.5. The van der Waals surface area contributed by atoms with Crippen molar-refractivity contribution < 1.29 is 28.3 Å². The van der Waals surface area contributed by atoms with Gasteiger partial charge in [0.15, 0.2) is 0 Å². The number of carboxylic acids is 1. The molecule has 0 aliphatic carbocycles. The fourth-order valence-electron chi connectivity index (χ4n) is 3.87. The Balaban J connectivity index is 1.76. The summed E-state index contributed by atoms with van der Waals surface area (Å²) in [5.74, 6) is -2.25. The Morgan fingerprint density at radius 3 is 2.56 bits per heavy atom. The van der Waals surface area contributed by atoms with Gasteiger partial charge in [0, 0.05) is 23.2 Å². The van der Waals surface area contributed by atoms with E-state index in [4.69, 9.17) is 20.9 Å². The molecule has 2 atom stereocenters. The summed E-state index contributed by atoms with van der Waals surface area (Å²) in [6, 6.07) is 12.1. The molecule has 0 aliphatic heterocycles. The van der Waals surface area contributed by atoms with Crippen LogP contribution in [0.15, 0.2) is 57.8 Å². The molecule has 0 bridgehead atoms. The number of rotatable bonds is 12. The Labute approximate surface area is 212 Å². The third-order valence-electron chi connectivity index (χ3n) is 5.90. The van der Waals surface area contributed by atoms with Crippen molar-refractivity contribution >= 4 is 23.5 Å². The first kappa shape index (κ1) is 27.2. The van der Waals surface area contributed by atoms with Crippen molar-refractivity contribution in [2.45, 2.75) is 39.2 Å². The number of aliphatic carboxylic acids is 1. The van der Waals surface area contributed by atoms with Gasteiger partial charge in [-0.3, -0.25) is 14.4 Å². The average Bonchev–Trinajstić information content (AvgIpc) is 3.29. The first-order chi connectivity index (χ1) is 17.1. The molecule has 192 valence electrons. The lowest BCUT2D eigenvalue weighted by Gasteiger charge is -2.30. The van der Waals surface area contributed by atoms with Crippen molar-refractivity contribution in [2.75, 3.05) is 13.2 Å². The molecule has 8 nitrogen and oxygen atoms in total. The smallest absolute Gasteiger partial charge is 0.311 e. The minimum Gasteiger partial charge on any atom is -0.481 e. The first-order valence-corrected chi connectivity index (χ1v) is 11.8. The second-order valence-corrected chi connectivity index (χ2v) is 9.25. The molecule has 36 heavy (non-hydrogen) atoms. The lowest BCUT2D eigenvalue weighted by atomic mass is 9.82. The lowest BCUT2D eigenvalue weighted by molar-refractivity contribution is -0.152. The van der Waals surface area contributed by atoms with Gasteiger partial charge in [-0.2, -0.15) is 5.16 Å². The number of hydrogen-bond donors (Lipinski definition) is 3. The van der Waals surface area contributed by atoms with Gasteiger partial charge in [0.2, 0.25) is 5.76 Å². The molecular weight excluding hydrogens is 491 g/mol. The van der Waals surface area contributed by atoms with Gasteiger partial charge in [-0.25, -0.2) is 4.39 Å². The monoisotopic (exact) mass is 518 g/mol. The lowest BCUT2D eigenvalue weighted by Crippen LogP contribution is -2.43. The second kappa shape index (κ2) is 12.0. The normalized spacial score (nSPS) is 13.7. The number of amides is 1. The van der Waals surface area contributed by atoms with Crippen LogP contribution in [0.25, 0.3) is 11.1 Å². The van der Waals surface area contributed by atoms with E-state index in [2.05, 4.69) is 10.5 Å². The van der Waals surface area contributed by atoms with Gasteiger partial charge in [-0.15, -0.1) is 0 Å². The number of benzene rings is 2. The van der Waals surface area contributed by atoms with E-state index in [9.17, 15) is 23.9 Å². The molecule has 0 spiro atoms. The highest BCUT2D eigenvalue weighted by Gasteiger charge is 2.37. The molecule has 0 unspecified atom stereocenters. The van der Waals surface area contributed by atoms with E-state index in [-0.39, 0.29) is 24.6 Å². The molecule has 3 N–H and O–H groups in total. The molecule has 1 amide bonds. The van der Waals surface area contributed by atoms with Crippen molar-refractivity contribution in [3.8, 4) is 11.1 Å². The number of aromatic amines is 1. The van der Waals surface area contributed by atoms with E-state index in [1.165, 1.54) is 12.1 Å². The summed E-state index contributed by atoms with van der Waals surface area (Å²) in [5, 5.41) is 15.1. The third-order valence-corrected chi connectivity index (χ3v) is 6.13. The summed E-state index contributed by atoms with van der Waals surface area (Å²) in [6.07, 6.45) is 0.999. The molecular formula is C26H28ClFN2O6. The number of H-pyrrole nitrogens is 1. The van der Waals surface area contributed by atoms with Gasteiger partial charge < -0.3 is 19.7 Å². The summed E-state index contributed by atoms with van der Waals surface area (Å²) in [6.45, 7) is 3.67. The quantitative estimate of drug-likeness (QED) is 0.320. The standard InChI is InChI=1S/C26H28ClFN2O6/c1-3-35-15-26(2,25(33)34)14-19(29-24(32)22-13-23(31)30-36-22)10-6-16-4-7-17(8-5-16)20-12-18(27)9-11-21(20)28/h4-5,7-9,11-13,19H,3,6,10,14-15H2,1-2H3,(H,29,32)(H,30,31)(H,33,34)/t19-,26+/m1/s1. The third kappa shape index (κ3) is 7.05. The molecule has 3 rings (SSSR count). The number of nitrogens with one attached hydrogen (secondary N) is 2. The van der Waals surface area contributed by atoms with Gasteiger partial charge in [0.25, 0.3) is 11.5 Å². The van der Waals surface area contributed by atoms with E-state index in [1.54, 1.807) is 32.0 Å². The minimum atomic E-state index is -1.25. The first-order valence-electron chi connectivity index (χ1n) is 11.5. The largest absolute Gasteiger partial charge is 0.481 e. The van der Waals surface area contributed by atoms with Gasteiger partial charge in [0.05, 0.1) is 18.1 Å². The van der Waals surface area contributed by atoms with E-state index in [0.29, 0.717) is 35.6 Å². The maximum atomic E-state index is 14.2. The van der Waals surface area contributed by atoms with Crippen LogP contribution in [-0.4, -0.2) is 41.4 Å². The maximum absolute atomic E-state index is 14.2. The second-order valence-electron chi connectivity index (χ2n) is 8.81. The molecule has 10 heteroatoms. The molecule has 0 radical (unpaired) electrons. The van der Waals surface area contributed by atoms with Crippen LogP contribution in [0.4, 0.5) is 4.39 Å². The van der Waals surface area contributed by atoms with E-state index in [0.717, 1.165) is 11.6 Å². The molecule has 0 aliphatic rings. The van der Waals surface area contributed by atoms with Crippen LogP contribution >= 0.6 is 11.6 Å². The fourth-order valence-corrected chi connectivity index (χ4v) is 4.04. The van der Waals surface area contributed by atoms with Crippen molar-refractivity contribution in [2.24, 2.45) is 5.41 Å². The van der Waals surface area contributed by atoms with Crippen LogP contribution < -0.4 is 10.9 Å². The Bertz CT molecular complexity index is 1260.